The number of hydrogen-bond acceptors (Lipinski definition) is 4. The van der Waals surface area contributed by atoms with Gasteiger partial charge in [0.15, 0.2) is 0 Å². The summed E-state index contributed by atoms with van der Waals surface area (Å²) in [5.41, 5.74) is 11.6. The van der Waals surface area contributed by atoms with Crippen LogP contribution in [0.3, 0.4) is 0 Å². The quantitative estimate of drug-likeness (QED) is 0.627. The number of carbonyl (C=O) groups excluding carboxylic acids is 2. The number of nitrogens with one attached hydrogen (secondary N) is 1. The van der Waals surface area contributed by atoms with E-state index in [1.165, 1.54) is 6.20 Å². The third kappa shape index (κ3) is 3.30. The van der Waals surface area contributed by atoms with Gasteiger partial charge in [0.2, 0.25) is 11.8 Å². The van der Waals surface area contributed by atoms with E-state index >= 15 is 0 Å². The van der Waals surface area contributed by atoms with Crippen LogP contribution in [0, 0.1) is 5.92 Å². The van der Waals surface area contributed by atoms with Crippen LogP contribution in [-0.2, 0) is 16.6 Å². The summed E-state index contributed by atoms with van der Waals surface area (Å²) < 4.78 is 1.55. The van der Waals surface area contributed by atoms with Gasteiger partial charge in [-0.3, -0.25) is 14.3 Å². The lowest BCUT2D eigenvalue weighted by atomic mass is 10.0. The average Bonchev–Trinajstić information content (AvgIpc) is 2.70. The normalized spacial score (nSPS) is 14.3. The molecule has 1 rings (SSSR count). The summed E-state index contributed by atoms with van der Waals surface area (Å²) >= 11 is 0. The first-order chi connectivity index (χ1) is 8.32. The summed E-state index contributed by atoms with van der Waals surface area (Å²) in [7, 11) is 1.73. The van der Waals surface area contributed by atoms with Gasteiger partial charge in [0.25, 0.3) is 0 Å². The maximum Gasteiger partial charge on any atom is 0.242 e. The van der Waals surface area contributed by atoms with Crippen molar-refractivity contribution in [3.05, 3.63) is 18.0 Å². The fraction of sp³-hybridized carbons (Fsp3) is 0.545. The Morgan fingerprint density at radius 2 is 2.06 bits per heavy atom. The van der Waals surface area contributed by atoms with Gasteiger partial charge >= 0.3 is 0 Å². The van der Waals surface area contributed by atoms with Crippen molar-refractivity contribution in [3.63, 3.8) is 0 Å². The summed E-state index contributed by atoms with van der Waals surface area (Å²) in [4.78, 5) is 23.1. The SMILES string of the molecule is CC(C)C(NC(=O)C(N)c1cnn(C)c1)C(N)=O. The highest BCUT2D eigenvalue weighted by molar-refractivity contribution is 5.89. The van der Waals surface area contributed by atoms with Crippen molar-refractivity contribution in [3.8, 4) is 0 Å². The Morgan fingerprint density at radius 1 is 1.44 bits per heavy atom. The molecule has 0 saturated carbocycles. The minimum Gasteiger partial charge on any atom is -0.368 e. The van der Waals surface area contributed by atoms with E-state index in [0.29, 0.717) is 5.56 Å². The zero-order valence-corrected chi connectivity index (χ0v) is 10.8. The largest absolute Gasteiger partial charge is 0.368 e. The van der Waals surface area contributed by atoms with Crippen molar-refractivity contribution in [2.24, 2.45) is 24.4 Å². The van der Waals surface area contributed by atoms with Crippen LogP contribution < -0.4 is 16.8 Å². The van der Waals surface area contributed by atoms with Gasteiger partial charge in [-0.2, -0.15) is 5.10 Å². The molecule has 2 amide bonds. The summed E-state index contributed by atoms with van der Waals surface area (Å²) in [5.74, 6) is -1.11. The number of aryl methyl sites for hydroxylation is 1. The molecule has 0 radical (unpaired) electrons. The predicted octanol–water partition coefficient (Wildman–Crippen LogP) is -0.954. The Labute approximate surface area is 106 Å². The number of primary amides is 1. The van der Waals surface area contributed by atoms with E-state index < -0.39 is 23.9 Å². The molecule has 1 aromatic rings. The summed E-state index contributed by atoms with van der Waals surface area (Å²) in [5, 5.41) is 6.48. The minimum atomic E-state index is -0.862. The van der Waals surface area contributed by atoms with E-state index in [9.17, 15) is 9.59 Å². The molecule has 0 aliphatic heterocycles. The van der Waals surface area contributed by atoms with Gasteiger partial charge in [-0.15, -0.1) is 0 Å². The first-order valence-corrected chi connectivity index (χ1v) is 5.66. The Hall–Kier alpha value is -1.89. The highest BCUT2D eigenvalue weighted by atomic mass is 16.2. The smallest absolute Gasteiger partial charge is 0.242 e. The third-order valence-corrected chi connectivity index (χ3v) is 2.64. The molecule has 0 fully saturated rings. The zero-order chi connectivity index (χ0) is 13.9. The van der Waals surface area contributed by atoms with Crippen LogP contribution >= 0.6 is 0 Å². The average molecular weight is 253 g/mol. The number of nitrogens with zero attached hydrogens (tertiary/aromatic N) is 2. The van der Waals surface area contributed by atoms with E-state index in [2.05, 4.69) is 10.4 Å². The van der Waals surface area contributed by atoms with Crippen molar-refractivity contribution in [2.75, 3.05) is 0 Å². The van der Waals surface area contributed by atoms with Gasteiger partial charge in [-0.25, -0.2) is 0 Å². The molecular formula is C11H19N5O2. The predicted molar refractivity (Wildman–Crippen MR) is 66.1 cm³/mol. The molecule has 7 nitrogen and oxygen atoms in total. The maximum atomic E-state index is 11.9. The molecular weight excluding hydrogens is 234 g/mol. The minimum absolute atomic E-state index is 0.0902. The van der Waals surface area contributed by atoms with Crippen LogP contribution in [0.15, 0.2) is 12.4 Å². The number of nitrogens with two attached hydrogens (primary N) is 2. The number of aromatic nitrogens is 2. The van der Waals surface area contributed by atoms with E-state index in [4.69, 9.17) is 11.5 Å². The molecule has 0 aliphatic rings. The molecule has 2 unspecified atom stereocenters. The van der Waals surface area contributed by atoms with Crippen LogP contribution in [0.4, 0.5) is 0 Å². The molecule has 1 aromatic heterocycles. The molecule has 7 heteroatoms. The second kappa shape index (κ2) is 5.63. The molecule has 0 saturated heterocycles. The summed E-state index contributed by atoms with van der Waals surface area (Å²) in [6, 6.07) is -1.58. The number of hydrogen-bond donors (Lipinski definition) is 3. The maximum absolute atomic E-state index is 11.9. The van der Waals surface area contributed by atoms with Gasteiger partial charge in [-0.1, -0.05) is 13.8 Å². The standard InChI is InChI=1S/C11H19N5O2/c1-6(2)9(10(13)17)15-11(18)8(12)7-4-14-16(3)5-7/h4-6,8-9H,12H2,1-3H3,(H2,13,17)(H,15,18). The highest BCUT2D eigenvalue weighted by Gasteiger charge is 2.25. The molecule has 100 valence electrons. The molecule has 5 N–H and O–H groups in total. The lowest BCUT2D eigenvalue weighted by molar-refractivity contribution is -0.129. The summed E-state index contributed by atoms with van der Waals surface area (Å²) in [6.45, 7) is 3.59. The molecule has 2 atom stereocenters. The Balaban J connectivity index is 2.73. The number of rotatable bonds is 5. The monoisotopic (exact) mass is 253 g/mol. The van der Waals surface area contributed by atoms with E-state index in [-0.39, 0.29) is 5.92 Å². The van der Waals surface area contributed by atoms with Gasteiger partial charge in [-0.05, 0) is 5.92 Å². The van der Waals surface area contributed by atoms with Crippen molar-refractivity contribution in [1.29, 1.82) is 0 Å². The van der Waals surface area contributed by atoms with Crippen molar-refractivity contribution in [1.82, 2.24) is 15.1 Å². The topological polar surface area (TPSA) is 116 Å². The molecule has 1 heterocycles. The fourth-order valence-corrected chi connectivity index (χ4v) is 1.56. The highest BCUT2D eigenvalue weighted by Crippen LogP contribution is 2.10. The fourth-order valence-electron chi connectivity index (χ4n) is 1.56. The van der Waals surface area contributed by atoms with Gasteiger partial charge in [0.05, 0.1) is 6.20 Å². The Bertz CT molecular complexity index is 440. The Kier molecular flexibility index (Phi) is 4.43. The van der Waals surface area contributed by atoms with Crippen molar-refractivity contribution in [2.45, 2.75) is 25.9 Å². The molecule has 0 aliphatic carbocycles. The van der Waals surface area contributed by atoms with Gasteiger partial charge < -0.3 is 16.8 Å². The van der Waals surface area contributed by atoms with Crippen LogP contribution in [0.5, 0.6) is 0 Å². The van der Waals surface area contributed by atoms with Crippen LogP contribution in [-0.4, -0.2) is 27.6 Å². The number of carbonyl (C=O) groups is 2. The number of amides is 2. The zero-order valence-electron chi connectivity index (χ0n) is 10.8. The first-order valence-electron chi connectivity index (χ1n) is 5.66. The van der Waals surface area contributed by atoms with Gasteiger partial charge in [0.1, 0.15) is 12.1 Å². The third-order valence-electron chi connectivity index (χ3n) is 2.64. The summed E-state index contributed by atoms with van der Waals surface area (Å²) in [6.07, 6.45) is 3.16. The van der Waals surface area contributed by atoms with Crippen molar-refractivity contribution < 1.29 is 9.59 Å². The van der Waals surface area contributed by atoms with Crippen LogP contribution in [0.2, 0.25) is 0 Å². The van der Waals surface area contributed by atoms with E-state index in [0.717, 1.165) is 0 Å². The van der Waals surface area contributed by atoms with E-state index in [1.54, 1.807) is 31.8 Å². The molecule has 0 spiro atoms. The van der Waals surface area contributed by atoms with Crippen LogP contribution in [0.25, 0.3) is 0 Å². The molecule has 0 aromatic carbocycles. The van der Waals surface area contributed by atoms with Crippen LogP contribution in [0.1, 0.15) is 25.5 Å². The Morgan fingerprint density at radius 3 is 2.44 bits per heavy atom. The first kappa shape index (κ1) is 14.2. The van der Waals surface area contributed by atoms with Gasteiger partial charge in [0, 0.05) is 18.8 Å². The second-order valence-electron chi connectivity index (χ2n) is 4.56. The van der Waals surface area contributed by atoms with E-state index in [1.807, 2.05) is 0 Å². The van der Waals surface area contributed by atoms with Crippen molar-refractivity contribution >= 4 is 11.8 Å². The molecule has 18 heavy (non-hydrogen) atoms. The lowest BCUT2D eigenvalue weighted by Gasteiger charge is -2.20. The molecule has 0 bridgehead atoms. The lowest BCUT2D eigenvalue weighted by Crippen LogP contribution is -2.50. The second-order valence-corrected chi connectivity index (χ2v) is 4.56.